The fourth-order valence-electron chi connectivity index (χ4n) is 0.631. The van der Waals surface area contributed by atoms with Crippen molar-refractivity contribution >= 4 is 10.2 Å². The molecule has 0 atom stereocenters. The predicted octanol–water partition coefficient (Wildman–Crippen LogP) is -0.156. The number of hydrogen-bond donors (Lipinski definition) is 2. The van der Waals surface area contributed by atoms with Crippen LogP contribution in [0.15, 0.2) is 0 Å². The van der Waals surface area contributed by atoms with Gasteiger partial charge in [0, 0.05) is 20.0 Å². The Morgan fingerprint density at radius 3 is 2.58 bits per heavy atom. The number of rotatable bonds is 6. The zero-order chi connectivity index (χ0) is 9.45. The van der Waals surface area contributed by atoms with Crippen LogP contribution in [0.25, 0.3) is 0 Å². The molecule has 12 heavy (non-hydrogen) atoms. The molecule has 5 heteroatoms. The molecule has 0 rings (SSSR count). The van der Waals surface area contributed by atoms with Gasteiger partial charge in [-0.25, -0.2) is 9.44 Å². The Bertz CT molecular complexity index is 241. The maximum Gasteiger partial charge on any atom is 0.276 e. The standard InChI is InChI=1S/C7H14N2O2S/c1-3-4-5-6-7-9-12(10,11)8-2/h1,8-9H,4-7H2,2H3. The Hall–Kier alpha value is -0.570. The summed E-state index contributed by atoms with van der Waals surface area (Å²) in [5.41, 5.74) is 0. The third-order valence-electron chi connectivity index (χ3n) is 1.31. The van der Waals surface area contributed by atoms with E-state index >= 15 is 0 Å². The lowest BCUT2D eigenvalue weighted by Crippen LogP contribution is -2.34. The van der Waals surface area contributed by atoms with Gasteiger partial charge in [0.15, 0.2) is 0 Å². The second-order valence-electron chi connectivity index (χ2n) is 2.26. The lowest BCUT2D eigenvalue weighted by atomic mass is 10.2. The van der Waals surface area contributed by atoms with Gasteiger partial charge >= 0.3 is 0 Å². The van der Waals surface area contributed by atoms with E-state index < -0.39 is 10.2 Å². The van der Waals surface area contributed by atoms with Gasteiger partial charge in [0.1, 0.15) is 0 Å². The SMILES string of the molecule is C#CCCCCNS(=O)(=O)NC. The first-order valence-corrected chi connectivity index (χ1v) is 5.22. The molecule has 0 bridgehead atoms. The molecule has 0 saturated carbocycles. The van der Waals surface area contributed by atoms with E-state index in [1.54, 1.807) is 0 Å². The minimum atomic E-state index is -3.26. The summed E-state index contributed by atoms with van der Waals surface area (Å²) >= 11 is 0. The zero-order valence-corrected chi connectivity index (χ0v) is 7.95. The van der Waals surface area contributed by atoms with Crippen LogP contribution in [-0.2, 0) is 10.2 Å². The van der Waals surface area contributed by atoms with Gasteiger partial charge in [-0.3, -0.25) is 0 Å². The van der Waals surface area contributed by atoms with Gasteiger partial charge in [0.25, 0.3) is 10.2 Å². The fourth-order valence-corrected chi connectivity index (χ4v) is 1.19. The summed E-state index contributed by atoms with van der Waals surface area (Å²) in [5.74, 6) is 2.49. The first-order valence-electron chi connectivity index (χ1n) is 3.74. The molecule has 0 heterocycles. The van der Waals surface area contributed by atoms with Gasteiger partial charge < -0.3 is 0 Å². The predicted molar refractivity (Wildman–Crippen MR) is 48.7 cm³/mol. The highest BCUT2D eigenvalue weighted by Gasteiger charge is 2.02. The van der Waals surface area contributed by atoms with E-state index in [9.17, 15) is 8.42 Å². The van der Waals surface area contributed by atoms with Crippen LogP contribution < -0.4 is 9.44 Å². The molecule has 0 unspecified atom stereocenters. The maximum absolute atomic E-state index is 10.8. The van der Waals surface area contributed by atoms with Crippen molar-refractivity contribution in [3.63, 3.8) is 0 Å². The van der Waals surface area contributed by atoms with Crippen molar-refractivity contribution in [1.29, 1.82) is 0 Å². The third-order valence-corrected chi connectivity index (χ3v) is 2.43. The molecule has 0 spiro atoms. The number of nitrogens with one attached hydrogen (secondary N) is 2. The Morgan fingerprint density at radius 1 is 1.42 bits per heavy atom. The van der Waals surface area contributed by atoms with Crippen LogP contribution >= 0.6 is 0 Å². The quantitative estimate of drug-likeness (QED) is 0.452. The Labute approximate surface area is 73.9 Å². The van der Waals surface area contributed by atoms with Crippen LogP contribution in [-0.4, -0.2) is 22.0 Å². The van der Waals surface area contributed by atoms with Crippen molar-refractivity contribution in [2.24, 2.45) is 0 Å². The van der Waals surface area contributed by atoms with Gasteiger partial charge in [0.05, 0.1) is 0 Å². The molecule has 70 valence electrons. The minimum absolute atomic E-state index is 0.435. The van der Waals surface area contributed by atoms with Crippen LogP contribution in [0.3, 0.4) is 0 Å². The van der Waals surface area contributed by atoms with E-state index in [4.69, 9.17) is 6.42 Å². The third kappa shape index (κ3) is 6.16. The molecule has 0 aromatic rings. The van der Waals surface area contributed by atoms with E-state index in [1.807, 2.05) is 0 Å². The summed E-state index contributed by atoms with van der Waals surface area (Å²) in [7, 11) is -1.89. The molecule has 2 N–H and O–H groups in total. The maximum atomic E-state index is 10.8. The van der Waals surface area contributed by atoms with Gasteiger partial charge in [-0.1, -0.05) is 0 Å². The van der Waals surface area contributed by atoms with Crippen molar-refractivity contribution in [2.45, 2.75) is 19.3 Å². The lowest BCUT2D eigenvalue weighted by Gasteiger charge is -2.02. The number of hydrogen-bond acceptors (Lipinski definition) is 2. The van der Waals surface area contributed by atoms with Gasteiger partial charge in [0.2, 0.25) is 0 Å². The highest BCUT2D eigenvalue weighted by molar-refractivity contribution is 7.87. The molecule has 0 aliphatic rings. The summed E-state index contributed by atoms with van der Waals surface area (Å²) in [6, 6.07) is 0. The topological polar surface area (TPSA) is 58.2 Å². The van der Waals surface area contributed by atoms with E-state index in [2.05, 4.69) is 15.4 Å². The largest absolute Gasteiger partial charge is 0.276 e. The smallest absolute Gasteiger partial charge is 0.205 e. The van der Waals surface area contributed by atoms with Crippen molar-refractivity contribution in [3.8, 4) is 12.3 Å². The molecular formula is C7H14N2O2S. The second kappa shape index (κ2) is 6.00. The molecule has 0 aromatic carbocycles. The van der Waals surface area contributed by atoms with Crippen molar-refractivity contribution < 1.29 is 8.42 Å². The molecule has 0 fully saturated rings. The van der Waals surface area contributed by atoms with Gasteiger partial charge in [-0.15, -0.1) is 12.3 Å². The van der Waals surface area contributed by atoms with Crippen LogP contribution in [0.5, 0.6) is 0 Å². The Morgan fingerprint density at radius 2 is 2.08 bits per heavy atom. The fraction of sp³-hybridized carbons (Fsp3) is 0.714. The lowest BCUT2D eigenvalue weighted by molar-refractivity contribution is 0.569. The average molecular weight is 190 g/mol. The van der Waals surface area contributed by atoms with Gasteiger partial charge in [-0.05, 0) is 12.8 Å². The second-order valence-corrected chi connectivity index (χ2v) is 3.97. The van der Waals surface area contributed by atoms with E-state index in [0.717, 1.165) is 12.8 Å². The van der Waals surface area contributed by atoms with Gasteiger partial charge in [-0.2, -0.15) is 8.42 Å². The molecule has 0 aliphatic heterocycles. The summed E-state index contributed by atoms with van der Waals surface area (Å²) in [4.78, 5) is 0. The first-order chi connectivity index (χ1) is 5.62. The summed E-state index contributed by atoms with van der Waals surface area (Å²) in [5, 5.41) is 0. The van der Waals surface area contributed by atoms with E-state index in [0.29, 0.717) is 13.0 Å². The molecule has 0 saturated heterocycles. The monoisotopic (exact) mass is 190 g/mol. The molecular weight excluding hydrogens is 176 g/mol. The zero-order valence-electron chi connectivity index (χ0n) is 7.13. The summed E-state index contributed by atoms with van der Waals surface area (Å²) < 4.78 is 26.1. The summed E-state index contributed by atoms with van der Waals surface area (Å²) in [6.07, 6.45) is 7.34. The normalized spacial score (nSPS) is 11.0. The van der Waals surface area contributed by atoms with E-state index in [1.165, 1.54) is 7.05 Å². The highest BCUT2D eigenvalue weighted by Crippen LogP contribution is 1.91. The molecule has 0 aromatic heterocycles. The molecule has 0 aliphatic carbocycles. The van der Waals surface area contributed by atoms with Crippen molar-refractivity contribution in [2.75, 3.05) is 13.6 Å². The van der Waals surface area contributed by atoms with Crippen molar-refractivity contribution in [3.05, 3.63) is 0 Å². The first kappa shape index (κ1) is 11.4. The van der Waals surface area contributed by atoms with Crippen molar-refractivity contribution in [1.82, 2.24) is 9.44 Å². The van der Waals surface area contributed by atoms with Crippen LogP contribution in [0.2, 0.25) is 0 Å². The Balaban J connectivity index is 3.39. The van der Waals surface area contributed by atoms with E-state index in [-0.39, 0.29) is 0 Å². The summed E-state index contributed by atoms with van der Waals surface area (Å²) in [6.45, 7) is 0.435. The minimum Gasteiger partial charge on any atom is -0.205 e. The number of unbranched alkanes of at least 4 members (excludes halogenated alkanes) is 2. The van der Waals surface area contributed by atoms with Crippen LogP contribution in [0, 0.1) is 12.3 Å². The van der Waals surface area contributed by atoms with Crippen LogP contribution in [0.1, 0.15) is 19.3 Å². The number of terminal acetylenes is 1. The molecule has 0 amide bonds. The molecule has 0 radical (unpaired) electrons. The molecule has 4 nitrogen and oxygen atoms in total. The average Bonchev–Trinajstić information content (AvgIpc) is 2.04. The highest BCUT2D eigenvalue weighted by atomic mass is 32.2. The Kier molecular flexibility index (Phi) is 5.72. The van der Waals surface area contributed by atoms with Crippen LogP contribution in [0.4, 0.5) is 0 Å².